The number of nitrogens with zero attached hydrogens (tertiary/aromatic N) is 1. The van der Waals surface area contributed by atoms with E-state index >= 15 is 0 Å². The molecule has 0 unspecified atom stereocenters. The largest absolute Gasteiger partial charge is 0.323 e. The molecule has 0 amide bonds. The van der Waals surface area contributed by atoms with Crippen LogP contribution in [0.2, 0.25) is 0 Å². The fraction of sp³-hybridized carbons (Fsp3) is 0.455. The highest BCUT2D eigenvalue weighted by Crippen LogP contribution is 2.27. The minimum absolute atomic E-state index is 0.00435. The summed E-state index contributed by atoms with van der Waals surface area (Å²) in [6.45, 7) is 0. The van der Waals surface area contributed by atoms with Crippen LogP contribution in [-0.2, 0) is 10.0 Å². The third-order valence-corrected chi connectivity index (χ3v) is 4.87. The van der Waals surface area contributed by atoms with Gasteiger partial charge in [0.15, 0.2) is 0 Å². The van der Waals surface area contributed by atoms with Crippen LogP contribution < -0.4 is 16.0 Å². The van der Waals surface area contributed by atoms with Gasteiger partial charge in [0.2, 0.25) is 10.0 Å². The van der Waals surface area contributed by atoms with Gasteiger partial charge in [0, 0.05) is 18.2 Å². The molecule has 0 aromatic heterocycles. The molecule has 0 atom stereocenters. The van der Waals surface area contributed by atoms with Crippen LogP contribution in [0.25, 0.3) is 0 Å². The molecule has 0 aliphatic heterocycles. The van der Waals surface area contributed by atoms with Gasteiger partial charge in [-0.1, -0.05) is 12.8 Å². The number of hydrogen-bond acceptors (Lipinski definition) is 6. The van der Waals surface area contributed by atoms with E-state index in [2.05, 4.69) is 10.1 Å². The lowest BCUT2D eigenvalue weighted by Crippen LogP contribution is -2.33. The smallest absolute Gasteiger partial charge is 0.271 e. The Morgan fingerprint density at radius 2 is 1.95 bits per heavy atom. The van der Waals surface area contributed by atoms with Gasteiger partial charge in [0.1, 0.15) is 4.90 Å². The molecule has 0 radical (unpaired) electrons. The topological polar surface area (TPSA) is 127 Å². The first-order chi connectivity index (χ1) is 9.44. The highest BCUT2D eigenvalue weighted by molar-refractivity contribution is 7.89. The van der Waals surface area contributed by atoms with Crippen LogP contribution in [0.4, 0.5) is 11.4 Å². The van der Waals surface area contributed by atoms with E-state index in [0.717, 1.165) is 37.8 Å². The molecule has 0 spiro atoms. The van der Waals surface area contributed by atoms with Crippen LogP contribution in [0.15, 0.2) is 23.1 Å². The highest BCUT2D eigenvalue weighted by Gasteiger charge is 2.26. The number of non-ortho nitro benzene ring substituents is 1. The van der Waals surface area contributed by atoms with Gasteiger partial charge >= 0.3 is 0 Å². The van der Waals surface area contributed by atoms with Crippen molar-refractivity contribution >= 4 is 21.4 Å². The number of rotatable bonds is 5. The number of nitrogens with two attached hydrogens (primary N) is 1. The number of hydrogen-bond donors (Lipinski definition) is 3. The van der Waals surface area contributed by atoms with Crippen molar-refractivity contribution in [3.8, 4) is 0 Å². The maximum atomic E-state index is 12.3. The van der Waals surface area contributed by atoms with Gasteiger partial charge in [-0.25, -0.2) is 13.1 Å². The van der Waals surface area contributed by atoms with Gasteiger partial charge in [0.25, 0.3) is 5.69 Å². The Hall–Kier alpha value is -1.71. The number of sulfonamides is 1. The Balaban J connectivity index is 2.32. The SMILES string of the molecule is NNc1cc([N+](=O)[O-])ccc1S(=O)(=O)NC1CCCC1. The molecular formula is C11H16N4O4S. The second-order valence-electron chi connectivity index (χ2n) is 4.68. The standard InChI is InChI=1S/C11H16N4O4S/c12-13-10-7-9(15(16)17)5-6-11(10)20(18,19)14-8-3-1-2-4-8/h5-8,13-14H,1-4,12H2. The third-order valence-electron chi connectivity index (χ3n) is 3.30. The van der Waals surface area contributed by atoms with E-state index in [9.17, 15) is 18.5 Å². The van der Waals surface area contributed by atoms with Gasteiger partial charge in [-0.15, -0.1) is 0 Å². The van der Waals surface area contributed by atoms with Crippen molar-refractivity contribution < 1.29 is 13.3 Å². The molecule has 1 aliphatic rings. The maximum Gasteiger partial charge on any atom is 0.271 e. The number of nitrogens with one attached hydrogen (secondary N) is 2. The summed E-state index contributed by atoms with van der Waals surface area (Å²) in [5.74, 6) is 5.26. The van der Waals surface area contributed by atoms with Crippen molar-refractivity contribution in [1.29, 1.82) is 0 Å². The quantitative estimate of drug-likeness (QED) is 0.424. The van der Waals surface area contributed by atoms with Crippen molar-refractivity contribution in [2.45, 2.75) is 36.6 Å². The van der Waals surface area contributed by atoms with E-state index in [-0.39, 0.29) is 22.3 Å². The summed E-state index contributed by atoms with van der Waals surface area (Å²) in [6.07, 6.45) is 3.60. The molecule has 9 heteroatoms. The minimum Gasteiger partial charge on any atom is -0.323 e. The molecule has 0 heterocycles. The van der Waals surface area contributed by atoms with E-state index in [1.165, 1.54) is 6.07 Å². The lowest BCUT2D eigenvalue weighted by Gasteiger charge is -2.14. The summed E-state index contributed by atoms with van der Waals surface area (Å²) < 4.78 is 27.1. The van der Waals surface area contributed by atoms with Gasteiger partial charge in [-0.05, 0) is 18.9 Å². The molecule has 2 rings (SSSR count). The molecule has 1 aromatic carbocycles. The molecule has 1 saturated carbocycles. The van der Waals surface area contributed by atoms with Gasteiger partial charge in [0.05, 0.1) is 10.6 Å². The number of hydrazine groups is 1. The van der Waals surface area contributed by atoms with Gasteiger partial charge in [-0.3, -0.25) is 16.0 Å². The lowest BCUT2D eigenvalue weighted by molar-refractivity contribution is -0.384. The van der Waals surface area contributed by atoms with E-state index in [4.69, 9.17) is 5.84 Å². The average molecular weight is 300 g/mol. The first-order valence-corrected chi connectivity index (χ1v) is 7.70. The molecule has 4 N–H and O–H groups in total. The number of anilines is 1. The second kappa shape index (κ2) is 5.73. The summed E-state index contributed by atoms with van der Waals surface area (Å²) in [4.78, 5) is 9.99. The molecule has 0 saturated heterocycles. The zero-order valence-electron chi connectivity index (χ0n) is 10.7. The van der Waals surface area contributed by atoms with Crippen LogP contribution in [0.3, 0.4) is 0 Å². The van der Waals surface area contributed by atoms with Crippen molar-refractivity contribution in [2.75, 3.05) is 5.43 Å². The number of nitro groups is 1. The summed E-state index contributed by atoms with van der Waals surface area (Å²) >= 11 is 0. The fourth-order valence-corrected chi connectivity index (χ4v) is 3.76. The number of nitrogen functional groups attached to an aromatic ring is 1. The Morgan fingerprint density at radius 3 is 2.50 bits per heavy atom. The van der Waals surface area contributed by atoms with Crippen molar-refractivity contribution in [2.24, 2.45) is 5.84 Å². The Bertz CT molecular complexity index is 611. The Morgan fingerprint density at radius 1 is 1.30 bits per heavy atom. The molecule has 110 valence electrons. The van der Waals surface area contributed by atoms with Crippen molar-refractivity contribution in [1.82, 2.24) is 4.72 Å². The minimum atomic E-state index is -3.74. The zero-order valence-corrected chi connectivity index (χ0v) is 11.5. The van der Waals surface area contributed by atoms with E-state index in [1.54, 1.807) is 0 Å². The normalized spacial score (nSPS) is 16.2. The van der Waals surface area contributed by atoms with E-state index in [0.29, 0.717) is 0 Å². The van der Waals surface area contributed by atoms with Crippen LogP contribution >= 0.6 is 0 Å². The van der Waals surface area contributed by atoms with Crippen LogP contribution in [-0.4, -0.2) is 19.4 Å². The molecule has 20 heavy (non-hydrogen) atoms. The molecular weight excluding hydrogens is 284 g/mol. The molecule has 8 nitrogen and oxygen atoms in total. The number of nitro benzene ring substituents is 1. The summed E-state index contributed by atoms with van der Waals surface area (Å²) in [7, 11) is -3.74. The van der Waals surface area contributed by atoms with Crippen LogP contribution in [0, 0.1) is 10.1 Å². The molecule has 1 aromatic rings. The average Bonchev–Trinajstić information content (AvgIpc) is 2.89. The predicted molar refractivity (Wildman–Crippen MR) is 73.5 cm³/mol. The first kappa shape index (κ1) is 14.7. The van der Waals surface area contributed by atoms with Crippen LogP contribution in [0.5, 0.6) is 0 Å². The Labute approximate surface area is 116 Å². The predicted octanol–water partition coefficient (Wildman–Crippen LogP) is 1.10. The molecule has 1 fully saturated rings. The van der Waals surface area contributed by atoms with Gasteiger partial charge in [-0.2, -0.15) is 0 Å². The first-order valence-electron chi connectivity index (χ1n) is 6.21. The summed E-state index contributed by atoms with van der Waals surface area (Å²) in [6, 6.07) is 3.35. The maximum absolute atomic E-state index is 12.3. The highest BCUT2D eigenvalue weighted by atomic mass is 32.2. The summed E-state index contributed by atoms with van der Waals surface area (Å²) in [5, 5.41) is 10.7. The third kappa shape index (κ3) is 3.06. The lowest BCUT2D eigenvalue weighted by atomic mass is 10.3. The second-order valence-corrected chi connectivity index (χ2v) is 6.37. The molecule has 0 bridgehead atoms. The van der Waals surface area contributed by atoms with Crippen LogP contribution in [0.1, 0.15) is 25.7 Å². The van der Waals surface area contributed by atoms with E-state index < -0.39 is 14.9 Å². The Kier molecular flexibility index (Phi) is 4.21. The van der Waals surface area contributed by atoms with Crippen molar-refractivity contribution in [3.05, 3.63) is 28.3 Å². The monoisotopic (exact) mass is 300 g/mol. The zero-order chi connectivity index (χ0) is 14.8. The van der Waals surface area contributed by atoms with Gasteiger partial charge < -0.3 is 5.43 Å². The van der Waals surface area contributed by atoms with E-state index in [1.807, 2.05) is 0 Å². The summed E-state index contributed by atoms with van der Waals surface area (Å²) in [5.41, 5.74) is 1.98. The number of benzene rings is 1. The fourth-order valence-electron chi connectivity index (χ4n) is 2.31. The van der Waals surface area contributed by atoms with Crippen molar-refractivity contribution in [3.63, 3.8) is 0 Å². The molecule has 1 aliphatic carbocycles.